The topological polar surface area (TPSA) is 59.0 Å². The van der Waals surface area contributed by atoms with Crippen molar-refractivity contribution < 1.29 is 19.4 Å². The highest BCUT2D eigenvalue weighted by Gasteiger charge is 2.21. The maximum Gasteiger partial charge on any atom is 0.338 e. The molecule has 21 heavy (non-hydrogen) atoms. The van der Waals surface area contributed by atoms with Gasteiger partial charge >= 0.3 is 5.97 Å². The summed E-state index contributed by atoms with van der Waals surface area (Å²) in [6.45, 7) is 7.60. The second kappa shape index (κ2) is 6.45. The normalized spacial score (nSPS) is 19.4. The second-order valence-corrected chi connectivity index (χ2v) is 6.17. The summed E-state index contributed by atoms with van der Waals surface area (Å²) in [6.07, 6.45) is -0.149. The maximum absolute atomic E-state index is 12.0. The molecular formula is C16H23NO4. The van der Waals surface area contributed by atoms with Crippen LogP contribution in [0.1, 0.15) is 31.1 Å². The molecule has 0 unspecified atom stereocenters. The van der Waals surface area contributed by atoms with Crippen molar-refractivity contribution in [2.45, 2.75) is 32.5 Å². The van der Waals surface area contributed by atoms with Crippen LogP contribution in [-0.4, -0.2) is 49.1 Å². The highest BCUT2D eigenvalue weighted by molar-refractivity contribution is 5.90. The Labute approximate surface area is 125 Å². The van der Waals surface area contributed by atoms with Gasteiger partial charge in [0, 0.05) is 18.8 Å². The van der Waals surface area contributed by atoms with Gasteiger partial charge in [-0.05, 0) is 45.0 Å². The van der Waals surface area contributed by atoms with Crippen molar-refractivity contribution in [2.24, 2.45) is 0 Å². The molecule has 1 saturated heterocycles. The van der Waals surface area contributed by atoms with Gasteiger partial charge in [-0.2, -0.15) is 0 Å². The summed E-state index contributed by atoms with van der Waals surface area (Å²) in [5.74, 6) is -0.315. The predicted octanol–water partition coefficient (Wildman–Crippen LogP) is 1.84. The highest BCUT2D eigenvalue weighted by atomic mass is 16.6. The van der Waals surface area contributed by atoms with Crippen molar-refractivity contribution in [3.8, 4) is 0 Å². The van der Waals surface area contributed by atoms with E-state index in [1.165, 1.54) is 0 Å². The summed E-state index contributed by atoms with van der Waals surface area (Å²) in [4.78, 5) is 14.1. The van der Waals surface area contributed by atoms with Gasteiger partial charge in [-0.25, -0.2) is 4.79 Å². The summed E-state index contributed by atoms with van der Waals surface area (Å²) in [5, 5.41) is 9.17. The number of hydrogen-bond acceptors (Lipinski definition) is 5. The molecule has 2 rings (SSSR count). The third-order valence-corrected chi connectivity index (χ3v) is 3.21. The number of hydrogen-bond donors (Lipinski definition) is 1. The first kappa shape index (κ1) is 15.8. The molecule has 1 aromatic carbocycles. The molecule has 1 aromatic rings. The summed E-state index contributed by atoms with van der Waals surface area (Å²) in [5.41, 5.74) is 1.07. The van der Waals surface area contributed by atoms with Crippen molar-refractivity contribution in [2.75, 3.05) is 31.2 Å². The smallest absolute Gasteiger partial charge is 0.338 e. The summed E-state index contributed by atoms with van der Waals surface area (Å²) in [7, 11) is 0. The van der Waals surface area contributed by atoms with Crippen LogP contribution in [0.15, 0.2) is 24.3 Å². The van der Waals surface area contributed by atoms with Gasteiger partial charge in [-0.3, -0.25) is 0 Å². The van der Waals surface area contributed by atoms with Crippen LogP contribution >= 0.6 is 0 Å². The Kier molecular flexibility index (Phi) is 4.85. The van der Waals surface area contributed by atoms with Crippen LogP contribution in [-0.2, 0) is 9.47 Å². The van der Waals surface area contributed by atoms with Crippen molar-refractivity contribution >= 4 is 11.7 Å². The fraction of sp³-hybridized carbons (Fsp3) is 0.562. The Bertz CT molecular complexity index is 478. The first-order valence-corrected chi connectivity index (χ1v) is 7.20. The average Bonchev–Trinajstić information content (AvgIpc) is 2.46. The number of nitrogens with zero attached hydrogens (tertiary/aromatic N) is 1. The van der Waals surface area contributed by atoms with Gasteiger partial charge in [0.1, 0.15) is 5.60 Å². The Morgan fingerprint density at radius 3 is 2.62 bits per heavy atom. The lowest BCUT2D eigenvalue weighted by Gasteiger charge is -2.33. The molecular weight excluding hydrogens is 270 g/mol. The van der Waals surface area contributed by atoms with Crippen LogP contribution in [0.2, 0.25) is 0 Å². The molecule has 0 aromatic heterocycles. The molecule has 5 nitrogen and oxygen atoms in total. The quantitative estimate of drug-likeness (QED) is 0.862. The monoisotopic (exact) mass is 293 g/mol. The Morgan fingerprint density at radius 2 is 2.05 bits per heavy atom. The van der Waals surface area contributed by atoms with E-state index in [0.29, 0.717) is 18.7 Å². The molecule has 5 heteroatoms. The number of carbonyl (C=O) groups excluding carboxylic acids is 1. The number of esters is 1. The fourth-order valence-electron chi connectivity index (χ4n) is 2.21. The maximum atomic E-state index is 12.0. The molecule has 1 aliphatic rings. The minimum Gasteiger partial charge on any atom is -0.456 e. The van der Waals surface area contributed by atoms with Gasteiger partial charge in [-0.15, -0.1) is 0 Å². The van der Waals surface area contributed by atoms with E-state index in [9.17, 15) is 4.79 Å². The molecule has 0 bridgehead atoms. The van der Waals surface area contributed by atoms with Crippen LogP contribution in [0.5, 0.6) is 0 Å². The molecule has 1 heterocycles. The average molecular weight is 293 g/mol. The Morgan fingerprint density at radius 1 is 1.38 bits per heavy atom. The van der Waals surface area contributed by atoms with Crippen LogP contribution in [0.25, 0.3) is 0 Å². The van der Waals surface area contributed by atoms with E-state index in [2.05, 4.69) is 4.90 Å². The number of benzene rings is 1. The molecule has 1 N–H and O–H groups in total. The number of anilines is 1. The number of morpholine rings is 1. The first-order chi connectivity index (χ1) is 9.89. The molecule has 0 amide bonds. The van der Waals surface area contributed by atoms with Crippen LogP contribution in [0.3, 0.4) is 0 Å². The van der Waals surface area contributed by atoms with Crippen molar-refractivity contribution in [3.63, 3.8) is 0 Å². The number of carbonyl (C=O) groups is 1. The van der Waals surface area contributed by atoms with Gasteiger partial charge in [-0.1, -0.05) is 0 Å². The zero-order valence-electron chi connectivity index (χ0n) is 12.8. The Hall–Kier alpha value is -1.59. The van der Waals surface area contributed by atoms with Gasteiger partial charge in [0.2, 0.25) is 0 Å². The molecule has 116 valence electrons. The van der Waals surface area contributed by atoms with E-state index in [0.717, 1.165) is 12.2 Å². The van der Waals surface area contributed by atoms with Gasteiger partial charge < -0.3 is 19.5 Å². The number of aliphatic hydroxyl groups excluding tert-OH is 1. The molecule has 0 radical (unpaired) electrons. The second-order valence-electron chi connectivity index (χ2n) is 6.17. The van der Waals surface area contributed by atoms with E-state index in [1.54, 1.807) is 12.1 Å². The van der Waals surface area contributed by atoms with Crippen molar-refractivity contribution in [1.82, 2.24) is 0 Å². The number of aliphatic hydroxyl groups is 1. The summed E-state index contributed by atoms with van der Waals surface area (Å²) in [6, 6.07) is 7.34. The van der Waals surface area contributed by atoms with E-state index in [4.69, 9.17) is 14.6 Å². The van der Waals surface area contributed by atoms with Gasteiger partial charge in [0.05, 0.1) is 24.9 Å². The van der Waals surface area contributed by atoms with Crippen LogP contribution in [0.4, 0.5) is 5.69 Å². The lowest BCUT2D eigenvalue weighted by Crippen LogP contribution is -2.44. The molecule has 0 spiro atoms. The van der Waals surface area contributed by atoms with Crippen LogP contribution < -0.4 is 4.90 Å². The molecule has 1 fully saturated rings. The number of ether oxygens (including phenoxy) is 2. The molecule has 1 aliphatic heterocycles. The molecule has 0 saturated carbocycles. The van der Waals surface area contributed by atoms with E-state index in [-0.39, 0.29) is 18.7 Å². The van der Waals surface area contributed by atoms with Crippen molar-refractivity contribution in [3.05, 3.63) is 29.8 Å². The first-order valence-electron chi connectivity index (χ1n) is 7.20. The zero-order chi connectivity index (χ0) is 15.5. The van der Waals surface area contributed by atoms with Gasteiger partial charge in [0.15, 0.2) is 0 Å². The molecule has 0 aliphatic carbocycles. The lowest BCUT2D eigenvalue weighted by atomic mass is 10.1. The standard InChI is InChI=1S/C16H23NO4/c1-16(2,3)21-15(19)12-4-6-13(7-5-12)17-8-9-20-14(10-17)11-18/h4-7,14,18H,8-11H2,1-3H3/t14-/m1/s1. The Balaban J connectivity index is 2.03. The van der Waals surface area contributed by atoms with E-state index in [1.807, 2.05) is 32.9 Å². The highest BCUT2D eigenvalue weighted by Crippen LogP contribution is 2.20. The summed E-state index contributed by atoms with van der Waals surface area (Å²) >= 11 is 0. The minimum atomic E-state index is -0.492. The SMILES string of the molecule is CC(C)(C)OC(=O)c1ccc(N2CCO[C@@H](CO)C2)cc1. The molecule has 1 atom stereocenters. The largest absolute Gasteiger partial charge is 0.456 e. The van der Waals surface area contributed by atoms with E-state index >= 15 is 0 Å². The number of rotatable bonds is 3. The van der Waals surface area contributed by atoms with Crippen molar-refractivity contribution in [1.29, 1.82) is 0 Å². The van der Waals surface area contributed by atoms with Crippen LogP contribution in [0, 0.1) is 0 Å². The fourth-order valence-corrected chi connectivity index (χ4v) is 2.21. The predicted molar refractivity (Wildman–Crippen MR) is 80.6 cm³/mol. The lowest BCUT2D eigenvalue weighted by molar-refractivity contribution is 0.00351. The summed E-state index contributed by atoms with van der Waals surface area (Å²) < 4.78 is 10.8. The third-order valence-electron chi connectivity index (χ3n) is 3.21. The van der Waals surface area contributed by atoms with Gasteiger partial charge in [0.25, 0.3) is 0 Å². The zero-order valence-corrected chi connectivity index (χ0v) is 12.8. The van der Waals surface area contributed by atoms with E-state index < -0.39 is 5.60 Å². The minimum absolute atomic E-state index is 0.0203. The third kappa shape index (κ3) is 4.44.